The van der Waals surface area contributed by atoms with Gasteiger partial charge in [0.25, 0.3) is 0 Å². The molecule has 0 fully saturated rings. The summed E-state index contributed by atoms with van der Waals surface area (Å²) >= 11 is 6.37. The summed E-state index contributed by atoms with van der Waals surface area (Å²) in [5.41, 5.74) is 7.58. The van der Waals surface area contributed by atoms with Crippen LogP contribution in [0.15, 0.2) is 114 Å². The lowest BCUT2D eigenvalue weighted by Crippen LogP contribution is -1.92. The summed E-state index contributed by atoms with van der Waals surface area (Å²) in [7, 11) is 0. The maximum atomic E-state index is 6.37. The van der Waals surface area contributed by atoms with Crippen molar-refractivity contribution in [1.82, 2.24) is 4.57 Å². The Morgan fingerprint density at radius 2 is 1.27 bits per heavy atom. The molecule has 0 aliphatic heterocycles. The summed E-state index contributed by atoms with van der Waals surface area (Å²) in [6, 6.07) is 37.8. The van der Waals surface area contributed by atoms with Gasteiger partial charge in [0.2, 0.25) is 0 Å². The van der Waals surface area contributed by atoms with Crippen molar-refractivity contribution in [2.45, 2.75) is 0 Å². The van der Waals surface area contributed by atoms with Gasteiger partial charge in [0.15, 0.2) is 0 Å². The smallest absolute Gasteiger partial charge is 0.136 e. The summed E-state index contributed by atoms with van der Waals surface area (Å²) in [5.74, 6) is 0. The van der Waals surface area contributed by atoms with Gasteiger partial charge in [0.05, 0.1) is 11.0 Å². The van der Waals surface area contributed by atoms with Crippen molar-refractivity contribution in [3.05, 3.63) is 114 Å². The van der Waals surface area contributed by atoms with Gasteiger partial charge in [0, 0.05) is 32.3 Å². The zero-order valence-corrected chi connectivity index (χ0v) is 18.4. The summed E-state index contributed by atoms with van der Waals surface area (Å²) in [6.45, 7) is 0. The van der Waals surface area contributed by atoms with E-state index in [0.29, 0.717) is 5.02 Å². The molecular weight excluding hydrogens is 426 g/mol. The molecule has 0 aliphatic carbocycles. The molecule has 0 unspecified atom stereocenters. The monoisotopic (exact) mass is 443 g/mol. The maximum Gasteiger partial charge on any atom is 0.136 e. The molecule has 0 saturated carbocycles. The van der Waals surface area contributed by atoms with Gasteiger partial charge >= 0.3 is 0 Å². The van der Waals surface area contributed by atoms with Crippen molar-refractivity contribution in [1.29, 1.82) is 0 Å². The average molecular weight is 444 g/mol. The number of hydrogen-bond acceptors (Lipinski definition) is 1. The van der Waals surface area contributed by atoms with E-state index in [1.807, 2.05) is 24.3 Å². The number of hydrogen-bond donors (Lipinski definition) is 0. The molecule has 0 atom stereocenters. The zero-order chi connectivity index (χ0) is 21.9. The lowest BCUT2D eigenvalue weighted by molar-refractivity contribution is 0.669. The van der Waals surface area contributed by atoms with Gasteiger partial charge < -0.3 is 8.98 Å². The summed E-state index contributed by atoms with van der Waals surface area (Å²) in [5, 5.41) is 5.31. The standard InChI is InChI=1S/C30H18ClNO/c31-19-16-17-27-24(18-19)30-22(12-7-15-28(30)33-27)21-11-6-14-26-29(21)23-10-4-5-13-25(23)32(26)20-8-2-1-3-9-20/h1-18H. The molecule has 156 valence electrons. The van der Waals surface area contributed by atoms with Crippen LogP contribution in [0.25, 0.3) is 60.6 Å². The molecule has 0 N–H and O–H groups in total. The molecule has 0 aliphatic rings. The minimum absolute atomic E-state index is 0.707. The SMILES string of the molecule is Clc1ccc2oc3cccc(-c4cccc5c4c4ccccc4n5-c4ccccc4)c3c2c1. The van der Waals surface area contributed by atoms with Gasteiger partial charge in [-0.1, -0.05) is 72.3 Å². The molecule has 7 aromatic rings. The van der Waals surface area contributed by atoms with Crippen LogP contribution in [0.5, 0.6) is 0 Å². The van der Waals surface area contributed by atoms with Crippen LogP contribution >= 0.6 is 11.6 Å². The molecule has 0 amide bonds. The first-order valence-electron chi connectivity index (χ1n) is 11.0. The van der Waals surface area contributed by atoms with Crippen LogP contribution in [-0.2, 0) is 0 Å². The first kappa shape index (κ1) is 18.6. The third-order valence-electron chi connectivity index (χ3n) is 6.46. The summed E-state index contributed by atoms with van der Waals surface area (Å²) in [6.07, 6.45) is 0. The number of rotatable bonds is 2. The van der Waals surface area contributed by atoms with E-state index in [0.717, 1.165) is 33.2 Å². The number of furan rings is 1. The van der Waals surface area contributed by atoms with Gasteiger partial charge in [0.1, 0.15) is 11.2 Å². The van der Waals surface area contributed by atoms with Crippen molar-refractivity contribution in [3.8, 4) is 16.8 Å². The van der Waals surface area contributed by atoms with Crippen LogP contribution in [0.3, 0.4) is 0 Å². The van der Waals surface area contributed by atoms with E-state index in [-0.39, 0.29) is 0 Å². The second-order valence-corrected chi connectivity index (χ2v) is 8.75. The highest BCUT2D eigenvalue weighted by molar-refractivity contribution is 6.32. The van der Waals surface area contributed by atoms with Crippen LogP contribution in [0.1, 0.15) is 0 Å². The summed E-state index contributed by atoms with van der Waals surface area (Å²) in [4.78, 5) is 0. The zero-order valence-electron chi connectivity index (χ0n) is 17.6. The number of benzene rings is 5. The first-order valence-corrected chi connectivity index (χ1v) is 11.4. The number of nitrogens with zero attached hydrogens (tertiary/aromatic N) is 1. The van der Waals surface area contributed by atoms with Gasteiger partial charge in [-0.15, -0.1) is 0 Å². The van der Waals surface area contributed by atoms with Crippen molar-refractivity contribution < 1.29 is 4.42 Å². The summed E-state index contributed by atoms with van der Waals surface area (Å²) < 4.78 is 8.53. The lowest BCUT2D eigenvalue weighted by Gasteiger charge is -2.09. The minimum Gasteiger partial charge on any atom is -0.456 e. The number of aromatic nitrogens is 1. The molecule has 0 bridgehead atoms. The van der Waals surface area contributed by atoms with Gasteiger partial charge in [-0.25, -0.2) is 0 Å². The van der Waals surface area contributed by atoms with E-state index < -0.39 is 0 Å². The van der Waals surface area contributed by atoms with Crippen LogP contribution in [0, 0.1) is 0 Å². The number of para-hydroxylation sites is 2. The predicted octanol–water partition coefficient (Wildman–Crippen LogP) is 9.00. The third kappa shape index (κ3) is 2.68. The van der Waals surface area contributed by atoms with Gasteiger partial charge in [-0.2, -0.15) is 0 Å². The van der Waals surface area contributed by atoms with Crippen LogP contribution < -0.4 is 0 Å². The average Bonchev–Trinajstić information content (AvgIpc) is 3.40. The maximum absolute atomic E-state index is 6.37. The van der Waals surface area contributed by atoms with Crippen molar-refractivity contribution >= 4 is 55.3 Å². The number of halogens is 1. The quantitative estimate of drug-likeness (QED) is 0.260. The second-order valence-electron chi connectivity index (χ2n) is 8.31. The fourth-order valence-corrected chi connectivity index (χ4v) is 5.29. The Hall–Kier alpha value is -4.01. The van der Waals surface area contributed by atoms with E-state index in [1.165, 1.54) is 27.4 Å². The Kier molecular flexibility index (Phi) is 3.93. The molecule has 0 spiro atoms. The van der Waals surface area contributed by atoms with Gasteiger partial charge in [-0.3, -0.25) is 0 Å². The Balaban J connectivity index is 1.65. The van der Waals surface area contributed by atoms with Crippen molar-refractivity contribution in [2.75, 3.05) is 0 Å². The molecule has 7 rings (SSSR count). The topological polar surface area (TPSA) is 18.1 Å². The van der Waals surface area contributed by atoms with Gasteiger partial charge in [-0.05, 0) is 59.7 Å². The molecule has 5 aromatic carbocycles. The van der Waals surface area contributed by atoms with E-state index in [4.69, 9.17) is 16.0 Å². The molecule has 2 nitrogen and oxygen atoms in total. The molecule has 0 saturated heterocycles. The molecule has 33 heavy (non-hydrogen) atoms. The predicted molar refractivity (Wildman–Crippen MR) is 139 cm³/mol. The van der Waals surface area contributed by atoms with Crippen molar-refractivity contribution in [2.24, 2.45) is 0 Å². The van der Waals surface area contributed by atoms with Crippen LogP contribution in [0.2, 0.25) is 5.02 Å². The lowest BCUT2D eigenvalue weighted by atomic mass is 9.95. The first-order chi connectivity index (χ1) is 16.3. The fraction of sp³-hybridized carbons (Fsp3) is 0. The van der Waals surface area contributed by atoms with E-state index in [9.17, 15) is 0 Å². The number of fused-ring (bicyclic) bond motifs is 6. The highest BCUT2D eigenvalue weighted by atomic mass is 35.5. The molecule has 2 heterocycles. The largest absolute Gasteiger partial charge is 0.456 e. The molecule has 2 aromatic heterocycles. The Morgan fingerprint density at radius 3 is 2.15 bits per heavy atom. The Bertz CT molecular complexity index is 1830. The van der Waals surface area contributed by atoms with E-state index >= 15 is 0 Å². The minimum atomic E-state index is 0.707. The van der Waals surface area contributed by atoms with E-state index in [1.54, 1.807) is 0 Å². The fourth-order valence-electron chi connectivity index (χ4n) is 5.12. The normalized spacial score (nSPS) is 11.8. The van der Waals surface area contributed by atoms with Crippen LogP contribution in [0.4, 0.5) is 0 Å². The molecular formula is C30H18ClNO. The van der Waals surface area contributed by atoms with Crippen LogP contribution in [-0.4, -0.2) is 4.57 Å². The molecule has 0 radical (unpaired) electrons. The van der Waals surface area contributed by atoms with E-state index in [2.05, 4.69) is 89.5 Å². The second kappa shape index (κ2) is 6.99. The Morgan fingerprint density at radius 1 is 0.545 bits per heavy atom. The third-order valence-corrected chi connectivity index (χ3v) is 6.69. The highest BCUT2D eigenvalue weighted by Gasteiger charge is 2.19. The van der Waals surface area contributed by atoms with Crippen molar-refractivity contribution in [3.63, 3.8) is 0 Å². The highest BCUT2D eigenvalue weighted by Crippen LogP contribution is 2.43. The Labute approximate surface area is 195 Å². The molecule has 3 heteroatoms.